The van der Waals surface area contributed by atoms with Crippen LogP contribution in [0.1, 0.15) is 43.4 Å². The minimum atomic E-state index is 0.244. The van der Waals surface area contributed by atoms with E-state index in [2.05, 4.69) is 45.9 Å². The van der Waals surface area contributed by atoms with Gasteiger partial charge in [0.15, 0.2) is 0 Å². The van der Waals surface area contributed by atoms with Gasteiger partial charge in [0.1, 0.15) is 0 Å². The summed E-state index contributed by atoms with van der Waals surface area (Å²) >= 11 is 0. The Labute approximate surface area is 87.3 Å². The highest BCUT2D eigenvalue weighted by Gasteiger charge is 2.09. The Morgan fingerprint density at radius 2 is 1.86 bits per heavy atom. The Hall–Kier alpha value is -0.820. The number of benzene rings is 1. The number of hydrogen-bond donors (Lipinski definition) is 1. The number of aryl methyl sites for hydroxylation is 1. The second kappa shape index (κ2) is 4.61. The van der Waals surface area contributed by atoms with Gasteiger partial charge in [-0.15, -0.1) is 0 Å². The van der Waals surface area contributed by atoms with Crippen LogP contribution in [0.2, 0.25) is 0 Å². The molecule has 0 saturated heterocycles. The van der Waals surface area contributed by atoms with Crippen LogP contribution in [0.3, 0.4) is 0 Å². The molecule has 0 amide bonds. The summed E-state index contributed by atoms with van der Waals surface area (Å²) < 4.78 is 0. The molecule has 0 fully saturated rings. The standard InChI is InChI=1S/C13H21N/c1-9(2)12-7-5-6-10(3)13(12)8-11(4)14/h5-7,9,11H,8,14H2,1-4H3/t11-/m0/s1. The third-order valence-electron chi connectivity index (χ3n) is 2.59. The van der Waals surface area contributed by atoms with Gasteiger partial charge in [-0.1, -0.05) is 32.0 Å². The number of hydrogen-bond acceptors (Lipinski definition) is 1. The summed E-state index contributed by atoms with van der Waals surface area (Å²) in [6.07, 6.45) is 0.986. The minimum Gasteiger partial charge on any atom is -0.328 e. The quantitative estimate of drug-likeness (QED) is 0.781. The zero-order valence-corrected chi connectivity index (χ0v) is 9.67. The molecule has 1 aromatic rings. The minimum absolute atomic E-state index is 0.244. The zero-order chi connectivity index (χ0) is 10.7. The fourth-order valence-electron chi connectivity index (χ4n) is 1.87. The first-order chi connectivity index (χ1) is 6.52. The van der Waals surface area contributed by atoms with E-state index in [1.54, 1.807) is 0 Å². The normalized spacial score (nSPS) is 13.3. The lowest BCUT2D eigenvalue weighted by Gasteiger charge is -2.16. The van der Waals surface area contributed by atoms with Crippen molar-refractivity contribution in [3.05, 3.63) is 34.9 Å². The molecule has 2 N–H and O–H groups in total. The van der Waals surface area contributed by atoms with Crippen molar-refractivity contribution in [3.8, 4) is 0 Å². The van der Waals surface area contributed by atoms with E-state index in [0.717, 1.165) is 6.42 Å². The summed E-state index contributed by atoms with van der Waals surface area (Å²) in [7, 11) is 0. The Balaban J connectivity index is 3.09. The molecule has 1 heteroatoms. The SMILES string of the molecule is Cc1cccc(C(C)C)c1C[C@H](C)N. The Morgan fingerprint density at radius 3 is 2.36 bits per heavy atom. The fraction of sp³-hybridized carbons (Fsp3) is 0.538. The third kappa shape index (κ3) is 2.58. The summed E-state index contributed by atoms with van der Waals surface area (Å²) in [4.78, 5) is 0. The molecule has 0 aromatic heterocycles. The van der Waals surface area contributed by atoms with Gasteiger partial charge in [0.25, 0.3) is 0 Å². The summed E-state index contributed by atoms with van der Waals surface area (Å²) in [6, 6.07) is 6.77. The average molecular weight is 191 g/mol. The second-order valence-corrected chi connectivity index (χ2v) is 4.48. The first kappa shape index (κ1) is 11.3. The molecule has 0 spiro atoms. The predicted octanol–water partition coefficient (Wildman–Crippen LogP) is 3.01. The van der Waals surface area contributed by atoms with Crippen LogP contribution in [-0.4, -0.2) is 6.04 Å². The first-order valence-electron chi connectivity index (χ1n) is 5.36. The lowest BCUT2D eigenvalue weighted by molar-refractivity contribution is 0.717. The molecule has 1 rings (SSSR count). The largest absolute Gasteiger partial charge is 0.328 e. The maximum Gasteiger partial charge on any atom is 0.00511 e. The summed E-state index contributed by atoms with van der Waals surface area (Å²) in [5.74, 6) is 0.587. The Kier molecular flexibility index (Phi) is 3.70. The summed E-state index contributed by atoms with van der Waals surface area (Å²) in [5.41, 5.74) is 10.1. The smallest absolute Gasteiger partial charge is 0.00511 e. The fourth-order valence-corrected chi connectivity index (χ4v) is 1.87. The molecule has 0 aliphatic heterocycles. The molecule has 14 heavy (non-hydrogen) atoms. The van der Waals surface area contributed by atoms with Crippen molar-refractivity contribution in [1.29, 1.82) is 0 Å². The Bertz CT molecular complexity index is 300. The van der Waals surface area contributed by atoms with Gasteiger partial charge < -0.3 is 5.73 Å². The van der Waals surface area contributed by atoms with Crippen molar-refractivity contribution in [2.45, 2.75) is 46.1 Å². The van der Waals surface area contributed by atoms with Gasteiger partial charge in [0, 0.05) is 6.04 Å². The number of nitrogens with two attached hydrogens (primary N) is 1. The maximum absolute atomic E-state index is 5.86. The highest BCUT2D eigenvalue weighted by atomic mass is 14.6. The third-order valence-corrected chi connectivity index (χ3v) is 2.59. The monoisotopic (exact) mass is 191 g/mol. The molecule has 0 radical (unpaired) electrons. The molecule has 0 aliphatic carbocycles. The number of rotatable bonds is 3. The van der Waals surface area contributed by atoms with Crippen molar-refractivity contribution < 1.29 is 0 Å². The molecule has 1 aromatic carbocycles. The van der Waals surface area contributed by atoms with Gasteiger partial charge in [-0.25, -0.2) is 0 Å². The highest BCUT2D eigenvalue weighted by Crippen LogP contribution is 2.23. The van der Waals surface area contributed by atoms with Crippen molar-refractivity contribution in [1.82, 2.24) is 0 Å². The van der Waals surface area contributed by atoms with Crippen molar-refractivity contribution in [3.63, 3.8) is 0 Å². The van der Waals surface area contributed by atoms with E-state index in [1.165, 1.54) is 16.7 Å². The van der Waals surface area contributed by atoms with E-state index in [4.69, 9.17) is 5.73 Å². The van der Waals surface area contributed by atoms with Crippen LogP contribution in [0.25, 0.3) is 0 Å². The van der Waals surface area contributed by atoms with E-state index in [1.807, 2.05) is 0 Å². The molecule has 0 heterocycles. The highest BCUT2D eigenvalue weighted by molar-refractivity contribution is 5.36. The molecule has 0 bridgehead atoms. The van der Waals surface area contributed by atoms with Gasteiger partial charge in [-0.3, -0.25) is 0 Å². The second-order valence-electron chi connectivity index (χ2n) is 4.48. The summed E-state index contributed by atoms with van der Waals surface area (Å²) in [5, 5.41) is 0. The zero-order valence-electron chi connectivity index (χ0n) is 9.67. The molecule has 1 atom stereocenters. The van der Waals surface area contributed by atoms with E-state index >= 15 is 0 Å². The van der Waals surface area contributed by atoms with Gasteiger partial charge >= 0.3 is 0 Å². The molecular formula is C13H21N. The van der Waals surface area contributed by atoms with Crippen LogP contribution in [-0.2, 0) is 6.42 Å². The summed E-state index contributed by atoms with van der Waals surface area (Å²) in [6.45, 7) is 8.71. The van der Waals surface area contributed by atoms with Gasteiger partial charge in [-0.2, -0.15) is 0 Å². The van der Waals surface area contributed by atoms with E-state index in [-0.39, 0.29) is 6.04 Å². The molecular weight excluding hydrogens is 170 g/mol. The van der Waals surface area contributed by atoms with Crippen LogP contribution in [0.15, 0.2) is 18.2 Å². The van der Waals surface area contributed by atoms with Gasteiger partial charge in [0.05, 0.1) is 0 Å². The van der Waals surface area contributed by atoms with Crippen LogP contribution >= 0.6 is 0 Å². The molecule has 1 nitrogen and oxygen atoms in total. The van der Waals surface area contributed by atoms with E-state index in [9.17, 15) is 0 Å². The van der Waals surface area contributed by atoms with Crippen LogP contribution < -0.4 is 5.73 Å². The first-order valence-corrected chi connectivity index (χ1v) is 5.36. The molecule has 78 valence electrons. The molecule has 0 saturated carbocycles. The van der Waals surface area contributed by atoms with Crippen molar-refractivity contribution >= 4 is 0 Å². The van der Waals surface area contributed by atoms with Crippen LogP contribution in [0, 0.1) is 6.92 Å². The maximum atomic E-state index is 5.86. The Morgan fingerprint density at radius 1 is 1.21 bits per heavy atom. The van der Waals surface area contributed by atoms with Crippen LogP contribution in [0.4, 0.5) is 0 Å². The predicted molar refractivity (Wildman–Crippen MR) is 62.6 cm³/mol. The topological polar surface area (TPSA) is 26.0 Å². The van der Waals surface area contributed by atoms with E-state index < -0.39 is 0 Å². The van der Waals surface area contributed by atoms with E-state index in [0.29, 0.717) is 5.92 Å². The van der Waals surface area contributed by atoms with Gasteiger partial charge in [0.2, 0.25) is 0 Å². The van der Waals surface area contributed by atoms with Gasteiger partial charge in [-0.05, 0) is 42.9 Å². The van der Waals surface area contributed by atoms with Crippen LogP contribution in [0.5, 0.6) is 0 Å². The molecule has 0 unspecified atom stereocenters. The molecule has 0 aliphatic rings. The van der Waals surface area contributed by atoms with Crippen molar-refractivity contribution in [2.24, 2.45) is 5.73 Å². The van der Waals surface area contributed by atoms with Crippen molar-refractivity contribution in [2.75, 3.05) is 0 Å². The lowest BCUT2D eigenvalue weighted by Crippen LogP contribution is -2.19. The average Bonchev–Trinajstić information content (AvgIpc) is 2.07. The lowest BCUT2D eigenvalue weighted by atomic mass is 9.90.